The second-order valence-electron chi connectivity index (χ2n) is 9.24. The van der Waals surface area contributed by atoms with E-state index in [1.165, 1.54) is 11.1 Å². The fraction of sp³-hybridized carbons (Fsp3) is 0.444. The molecule has 2 unspecified atom stereocenters. The van der Waals surface area contributed by atoms with Crippen LogP contribution in [0.25, 0.3) is 11.1 Å². The van der Waals surface area contributed by atoms with E-state index in [0.717, 1.165) is 11.1 Å². The predicted molar refractivity (Wildman–Crippen MR) is 130 cm³/mol. The minimum atomic E-state index is -1.06. The first-order chi connectivity index (χ1) is 16.9. The van der Waals surface area contributed by atoms with Gasteiger partial charge in [-0.05, 0) is 41.0 Å². The molecule has 1 fully saturated rings. The highest BCUT2D eigenvalue weighted by Gasteiger charge is 2.35. The van der Waals surface area contributed by atoms with Gasteiger partial charge in [0.2, 0.25) is 5.91 Å². The molecule has 1 heterocycles. The third kappa shape index (κ3) is 5.48. The summed E-state index contributed by atoms with van der Waals surface area (Å²) in [5.74, 6) is -1.69. The number of aliphatic carboxylic acids is 1. The van der Waals surface area contributed by atoms with Gasteiger partial charge >= 0.3 is 12.1 Å². The second kappa shape index (κ2) is 10.9. The van der Waals surface area contributed by atoms with Gasteiger partial charge in [-0.1, -0.05) is 68.8 Å². The number of fused-ring (bicyclic) bond motifs is 3. The first kappa shape index (κ1) is 24.7. The van der Waals surface area contributed by atoms with E-state index < -0.39 is 30.1 Å². The fourth-order valence-electron chi connectivity index (χ4n) is 4.82. The summed E-state index contributed by atoms with van der Waals surface area (Å²) in [6, 6.07) is 15.3. The number of carboxylic acids is 1. The van der Waals surface area contributed by atoms with Crippen molar-refractivity contribution in [3.8, 4) is 11.1 Å². The average molecular weight is 481 g/mol. The Hall–Kier alpha value is -3.39. The number of rotatable bonds is 9. The number of carbonyl (C=O) groups is 3. The van der Waals surface area contributed by atoms with Crippen molar-refractivity contribution in [1.29, 1.82) is 0 Å². The molecule has 3 N–H and O–H groups in total. The Balaban J connectivity index is 1.24. The molecule has 8 heteroatoms. The van der Waals surface area contributed by atoms with Gasteiger partial charge in [-0.25, -0.2) is 9.59 Å². The van der Waals surface area contributed by atoms with E-state index in [4.69, 9.17) is 9.47 Å². The highest BCUT2D eigenvalue weighted by atomic mass is 16.5. The Morgan fingerprint density at radius 2 is 1.69 bits per heavy atom. The van der Waals surface area contributed by atoms with Crippen molar-refractivity contribution >= 4 is 18.0 Å². The quantitative estimate of drug-likeness (QED) is 0.504. The summed E-state index contributed by atoms with van der Waals surface area (Å²) in [6.45, 7) is 4.11. The average Bonchev–Trinajstić information content (AvgIpc) is 3.47. The van der Waals surface area contributed by atoms with Crippen molar-refractivity contribution in [1.82, 2.24) is 10.6 Å². The molecule has 0 spiro atoms. The zero-order valence-corrected chi connectivity index (χ0v) is 20.0. The fourth-order valence-corrected chi connectivity index (χ4v) is 4.82. The van der Waals surface area contributed by atoms with E-state index in [9.17, 15) is 19.5 Å². The molecule has 186 valence electrons. The third-order valence-corrected chi connectivity index (χ3v) is 6.99. The van der Waals surface area contributed by atoms with Gasteiger partial charge < -0.3 is 25.2 Å². The minimum absolute atomic E-state index is 0.0170. The Morgan fingerprint density at radius 1 is 1.06 bits per heavy atom. The van der Waals surface area contributed by atoms with Gasteiger partial charge in [0.25, 0.3) is 0 Å². The molecule has 1 aliphatic carbocycles. The maximum atomic E-state index is 12.5. The maximum Gasteiger partial charge on any atom is 0.407 e. The van der Waals surface area contributed by atoms with Gasteiger partial charge in [0.05, 0.1) is 6.10 Å². The SMILES string of the molecule is CC[C@H](C)[C@H](NC(=O)C1CCC(CNC(=O)OCC2c3ccccc3-c3ccccc32)O1)C(=O)O. The molecule has 4 atom stereocenters. The summed E-state index contributed by atoms with van der Waals surface area (Å²) in [4.78, 5) is 36.4. The number of nitrogens with one attached hydrogen (secondary N) is 2. The summed E-state index contributed by atoms with van der Waals surface area (Å²) in [7, 11) is 0. The lowest BCUT2D eigenvalue weighted by Gasteiger charge is -2.22. The van der Waals surface area contributed by atoms with Gasteiger partial charge in [0, 0.05) is 12.5 Å². The molecule has 4 rings (SSSR count). The van der Waals surface area contributed by atoms with Crippen LogP contribution in [0.3, 0.4) is 0 Å². The summed E-state index contributed by atoms with van der Waals surface area (Å²) < 4.78 is 11.3. The van der Waals surface area contributed by atoms with E-state index in [1.807, 2.05) is 31.2 Å². The lowest BCUT2D eigenvalue weighted by molar-refractivity contribution is -0.145. The Kier molecular flexibility index (Phi) is 7.70. The summed E-state index contributed by atoms with van der Waals surface area (Å²) >= 11 is 0. The number of carboxylic acid groups (broad SMARTS) is 1. The minimum Gasteiger partial charge on any atom is -0.480 e. The molecule has 0 radical (unpaired) electrons. The van der Waals surface area contributed by atoms with Crippen LogP contribution in [0.1, 0.15) is 50.2 Å². The number of benzene rings is 2. The van der Waals surface area contributed by atoms with Crippen LogP contribution in [0.5, 0.6) is 0 Å². The van der Waals surface area contributed by atoms with Crippen molar-refractivity contribution in [3.63, 3.8) is 0 Å². The first-order valence-corrected chi connectivity index (χ1v) is 12.2. The van der Waals surface area contributed by atoms with Gasteiger partial charge in [-0.3, -0.25) is 4.79 Å². The van der Waals surface area contributed by atoms with Crippen LogP contribution in [-0.2, 0) is 19.1 Å². The largest absolute Gasteiger partial charge is 0.480 e. The van der Waals surface area contributed by atoms with Gasteiger partial charge in [0.15, 0.2) is 0 Å². The van der Waals surface area contributed by atoms with Crippen LogP contribution >= 0.6 is 0 Å². The molecule has 1 saturated heterocycles. The maximum absolute atomic E-state index is 12.5. The van der Waals surface area contributed by atoms with E-state index in [-0.39, 0.29) is 31.1 Å². The molecule has 8 nitrogen and oxygen atoms in total. The highest BCUT2D eigenvalue weighted by molar-refractivity contribution is 5.86. The van der Waals surface area contributed by atoms with Crippen LogP contribution in [-0.4, -0.2) is 54.5 Å². The highest BCUT2D eigenvalue weighted by Crippen LogP contribution is 2.44. The molecule has 2 aliphatic rings. The van der Waals surface area contributed by atoms with Crippen LogP contribution in [0.2, 0.25) is 0 Å². The molecule has 1 aliphatic heterocycles. The van der Waals surface area contributed by atoms with Crippen LogP contribution in [0.4, 0.5) is 4.79 Å². The number of alkyl carbamates (subject to hydrolysis) is 1. The van der Waals surface area contributed by atoms with Gasteiger partial charge in [-0.15, -0.1) is 0 Å². The van der Waals surface area contributed by atoms with Crippen molar-refractivity contribution in [2.24, 2.45) is 5.92 Å². The first-order valence-electron chi connectivity index (χ1n) is 12.2. The van der Waals surface area contributed by atoms with Crippen LogP contribution < -0.4 is 10.6 Å². The predicted octanol–water partition coefficient (Wildman–Crippen LogP) is 3.69. The molecule has 0 aromatic heterocycles. The molecule has 2 aromatic rings. The Bertz CT molecular complexity index is 1040. The number of carbonyl (C=O) groups excluding carboxylic acids is 2. The standard InChI is InChI=1S/C27H32N2O6/c1-3-16(2)24(26(31)32)29-25(30)23-13-12-17(35-23)14-28-27(33)34-15-22-20-10-6-4-8-18(20)19-9-5-7-11-21(19)22/h4-11,16-17,22-24H,3,12-15H2,1-2H3,(H,28,33)(H,29,30)(H,31,32)/t16-,17?,23?,24-/m0/s1. The van der Waals surface area contributed by atoms with E-state index in [0.29, 0.717) is 19.3 Å². The third-order valence-electron chi connectivity index (χ3n) is 6.99. The molecular weight excluding hydrogens is 448 g/mol. The Labute approximate surface area is 205 Å². The van der Waals surface area contributed by atoms with Gasteiger partial charge in [-0.2, -0.15) is 0 Å². The molecule has 0 bridgehead atoms. The molecular formula is C27H32N2O6. The molecule has 0 saturated carbocycles. The number of ether oxygens (including phenoxy) is 2. The van der Waals surface area contributed by atoms with E-state index in [1.54, 1.807) is 6.92 Å². The Morgan fingerprint density at radius 3 is 2.29 bits per heavy atom. The zero-order valence-electron chi connectivity index (χ0n) is 20.0. The summed E-state index contributed by atoms with van der Waals surface area (Å²) in [6.07, 6.45) is 0.0907. The number of hydrogen-bond acceptors (Lipinski definition) is 5. The number of amides is 2. The van der Waals surface area contributed by atoms with Crippen molar-refractivity contribution < 1.29 is 29.0 Å². The van der Waals surface area contributed by atoms with Crippen molar-refractivity contribution in [2.75, 3.05) is 13.2 Å². The second-order valence-corrected chi connectivity index (χ2v) is 9.24. The molecule has 35 heavy (non-hydrogen) atoms. The topological polar surface area (TPSA) is 114 Å². The smallest absolute Gasteiger partial charge is 0.407 e. The van der Waals surface area contributed by atoms with Crippen LogP contribution in [0.15, 0.2) is 48.5 Å². The molecule has 2 amide bonds. The van der Waals surface area contributed by atoms with Gasteiger partial charge in [0.1, 0.15) is 18.8 Å². The normalized spacial score (nSPS) is 20.4. The van der Waals surface area contributed by atoms with E-state index in [2.05, 4.69) is 34.9 Å². The monoisotopic (exact) mass is 480 g/mol. The summed E-state index contributed by atoms with van der Waals surface area (Å²) in [5, 5.41) is 14.7. The zero-order chi connectivity index (χ0) is 24.9. The lowest BCUT2D eigenvalue weighted by atomic mass is 9.98. The van der Waals surface area contributed by atoms with Crippen molar-refractivity contribution in [3.05, 3.63) is 59.7 Å². The number of hydrogen-bond donors (Lipinski definition) is 3. The van der Waals surface area contributed by atoms with Crippen molar-refractivity contribution in [2.45, 2.75) is 57.3 Å². The van der Waals surface area contributed by atoms with Crippen LogP contribution in [0, 0.1) is 5.92 Å². The summed E-state index contributed by atoms with van der Waals surface area (Å²) in [5.41, 5.74) is 4.62. The van der Waals surface area contributed by atoms with E-state index >= 15 is 0 Å². The molecule has 2 aromatic carbocycles. The lowest BCUT2D eigenvalue weighted by Crippen LogP contribution is -2.48.